The second kappa shape index (κ2) is 10.2. The molecule has 0 amide bonds. The van der Waals surface area contributed by atoms with E-state index in [0.717, 1.165) is 18.3 Å². The van der Waals surface area contributed by atoms with Gasteiger partial charge in [-0.25, -0.2) is 4.39 Å². The highest BCUT2D eigenvalue weighted by Gasteiger charge is 2.48. The highest BCUT2D eigenvalue weighted by molar-refractivity contribution is 6.31. The lowest BCUT2D eigenvalue weighted by Crippen LogP contribution is -2.37. The number of nitrogens with zero attached hydrogens (tertiary/aromatic N) is 2. The Morgan fingerprint density at radius 1 is 1.13 bits per heavy atom. The molecule has 1 atom stereocenters. The molecule has 0 aliphatic heterocycles. The van der Waals surface area contributed by atoms with E-state index < -0.39 is 39.5 Å². The summed E-state index contributed by atoms with van der Waals surface area (Å²) in [6, 6.07) is 12.4. The van der Waals surface area contributed by atoms with E-state index in [1.54, 1.807) is 24.3 Å². The Kier molecular flexibility index (Phi) is 7.31. The monoisotopic (exact) mass is 544 g/mol. The highest BCUT2D eigenvalue weighted by atomic mass is 35.5. The SMILES string of the molecule is CC(=O)c1ccc(CC(=O)C(CC2(C#N)CC2)c2ccc(-c3c(C(F)(F)F)ccc(Cl)c3F)c[n+]2[O-])cc1. The number of alkyl halides is 3. The Morgan fingerprint density at radius 2 is 1.79 bits per heavy atom. The average Bonchev–Trinajstić information content (AvgIpc) is 3.64. The highest BCUT2D eigenvalue weighted by Crippen LogP contribution is 2.52. The third-order valence-electron chi connectivity index (χ3n) is 6.80. The van der Waals surface area contributed by atoms with Crippen LogP contribution in [0.2, 0.25) is 5.02 Å². The lowest BCUT2D eigenvalue weighted by Gasteiger charge is -2.19. The lowest BCUT2D eigenvalue weighted by atomic mass is 9.84. The molecule has 1 aliphatic rings. The van der Waals surface area contributed by atoms with Crippen LogP contribution in [0, 0.1) is 27.8 Å². The van der Waals surface area contributed by atoms with E-state index >= 15 is 0 Å². The Balaban J connectivity index is 1.72. The van der Waals surface area contributed by atoms with Gasteiger partial charge in [0.25, 0.3) is 0 Å². The number of pyridine rings is 1. The van der Waals surface area contributed by atoms with Crippen molar-refractivity contribution in [3.8, 4) is 17.2 Å². The van der Waals surface area contributed by atoms with Gasteiger partial charge in [-0.05, 0) is 49.9 Å². The van der Waals surface area contributed by atoms with Crippen molar-refractivity contribution in [2.24, 2.45) is 5.41 Å². The summed E-state index contributed by atoms with van der Waals surface area (Å²) < 4.78 is 55.7. The van der Waals surface area contributed by atoms with E-state index in [0.29, 0.717) is 30.0 Å². The van der Waals surface area contributed by atoms with Crippen LogP contribution in [0.3, 0.4) is 0 Å². The van der Waals surface area contributed by atoms with Crippen LogP contribution < -0.4 is 4.73 Å². The summed E-state index contributed by atoms with van der Waals surface area (Å²) in [5, 5.41) is 22.1. The molecule has 196 valence electrons. The van der Waals surface area contributed by atoms with Gasteiger partial charge < -0.3 is 5.21 Å². The molecule has 0 N–H and O–H groups in total. The third kappa shape index (κ3) is 5.55. The summed E-state index contributed by atoms with van der Waals surface area (Å²) in [5.74, 6) is -2.85. The first kappa shape index (κ1) is 27.3. The zero-order valence-electron chi connectivity index (χ0n) is 20.1. The van der Waals surface area contributed by atoms with E-state index in [9.17, 15) is 37.6 Å². The smallest absolute Gasteiger partial charge is 0.417 e. The Labute approximate surface area is 220 Å². The molecule has 1 saturated carbocycles. The van der Waals surface area contributed by atoms with E-state index in [1.165, 1.54) is 13.0 Å². The number of carbonyl (C=O) groups excluding carboxylic acids is 2. The van der Waals surface area contributed by atoms with E-state index in [4.69, 9.17) is 11.6 Å². The van der Waals surface area contributed by atoms with E-state index in [1.807, 2.05) is 0 Å². The number of aromatic nitrogens is 1. The van der Waals surface area contributed by atoms with E-state index in [-0.39, 0.29) is 40.4 Å². The van der Waals surface area contributed by atoms with Crippen molar-refractivity contribution in [3.63, 3.8) is 0 Å². The molecule has 1 aromatic heterocycles. The summed E-state index contributed by atoms with van der Waals surface area (Å²) in [5.41, 5.74) is -2.29. The minimum atomic E-state index is -4.91. The first-order valence-electron chi connectivity index (χ1n) is 11.7. The summed E-state index contributed by atoms with van der Waals surface area (Å²) in [6.45, 7) is 1.41. The van der Waals surface area contributed by atoms with Gasteiger partial charge in [-0.3, -0.25) is 9.59 Å². The number of hydrogen-bond donors (Lipinski definition) is 0. The summed E-state index contributed by atoms with van der Waals surface area (Å²) in [7, 11) is 0. The van der Waals surface area contributed by atoms with Gasteiger partial charge in [0.2, 0.25) is 5.69 Å². The van der Waals surface area contributed by atoms with Crippen molar-refractivity contribution in [1.29, 1.82) is 5.26 Å². The largest absolute Gasteiger partial charge is 0.618 e. The molecule has 2 aromatic carbocycles. The molecule has 1 aliphatic carbocycles. The van der Waals surface area contributed by atoms with Crippen LogP contribution in [0.5, 0.6) is 0 Å². The molecule has 1 fully saturated rings. The molecule has 3 aromatic rings. The molecule has 0 saturated heterocycles. The molecule has 10 heteroatoms. The molecule has 0 bridgehead atoms. The summed E-state index contributed by atoms with van der Waals surface area (Å²) in [4.78, 5) is 24.9. The summed E-state index contributed by atoms with van der Waals surface area (Å²) in [6.07, 6.45) is -3.04. The molecule has 0 radical (unpaired) electrons. The normalized spacial score (nSPS) is 15.0. The fraction of sp³-hybridized carbons (Fsp3) is 0.286. The molecular weight excluding hydrogens is 524 g/mol. The van der Waals surface area contributed by atoms with E-state index in [2.05, 4.69) is 6.07 Å². The van der Waals surface area contributed by atoms with Crippen molar-refractivity contribution >= 4 is 23.2 Å². The number of ketones is 2. The zero-order chi connectivity index (χ0) is 27.8. The maximum Gasteiger partial charge on any atom is 0.417 e. The minimum absolute atomic E-state index is 0.0587. The van der Waals surface area contributed by atoms with Crippen molar-refractivity contribution < 1.29 is 31.9 Å². The van der Waals surface area contributed by atoms with Gasteiger partial charge in [0, 0.05) is 23.6 Å². The first-order chi connectivity index (χ1) is 17.8. The minimum Gasteiger partial charge on any atom is -0.618 e. The van der Waals surface area contributed by atoms with Crippen molar-refractivity contribution in [1.82, 2.24) is 0 Å². The second-order valence-electron chi connectivity index (χ2n) is 9.50. The number of hydrogen-bond acceptors (Lipinski definition) is 4. The zero-order valence-corrected chi connectivity index (χ0v) is 20.9. The van der Waals surface area contributed by atoms with Crippen LogP contribution in [0.1, 0.15) is 59.3 Å². The molecule has 4 rings (SSSR count). The average molecular weight is 545 g/mol. The molecule has 5 nitrogen and oxygen atoms in total. The van der Waals surface area contributed by atoms with Crippen LogP contribution in [-0.4, -0.2) is 11.6 Å². The summed E-state index contributed by atoms with van der Waals surface area (Å²) >= 11 is 5.73. The standard InChI is InChI=1S/C28H21ClF4N2O3/c1-16(36)18-4-2-17(3-5-18)12-24(37)20(13-27(15-34)10-11-27)23-9-6-19(14-35(23)38)25-21(28(31,32)33)7-8-22(29)26(25)30/h2-9,14,20H,10-13H2,1H3. The molecular formula is C28H21ClF4N2O3. The topological polar surface area (TPSA) is 84.9 Å². The van der Waals surface area contributed by atoms with Gasteiger partial charge in [-0.15, -0.1) is 0 Å². The maximum absolute atomic E-state index is 14.7. The quantitative estimate of drug-likeness (QED) is 0.139. The van der Waals surface area contributed by atoms with Gasteiger partial charge >= 0.3 is 6.18 Å². The van der Waals surface area contributed by atoms with Gasteiger partial charge in [0.1, 0.15) is 11.7 Å². The van der Waals surface area contributed by atoms with Crippen LogP contribution in [-0.2, 0) is 17.4 Å². The van der Waals surface area contributed by atoms with Crippen LogP contribution in [0.15, 0.2) is 54.7 Å². The Bertz CT molecular complexity index is 1460. The van der Waals surface area contributed by atoms with Crippen molar-refractivity contribution in [2.45, 2.75) is 44.7 Å². The number of Topliss-reactive ketones (excluding diaryl/α,β-unsaturated/α-hetero) is 2. The van der Waals surface area contributed by atoms with Crippen molar-refractivity contribution in [3.05, 3.63) is 93.2 Å². The number of nitriles is 1. The van der Waals surface area contributed by atoms with Gasteiger partial charge in [-0.2, -0.15) is 23.2 Å². The third-order valence-corrected chi connectivity index (χ3v) is 7.10. The number of carbonyl (C=O) groups is 2. The van der Waals surface area contributed by atoms with Gasteiger partial charge in [0.15, 0.2) is 17.8 Å². The van der Waals surface area contributed by atoms with Crippen LogP contribution in [0.25, 0.3) is 11.1 Å². The number of benzene rings is 2. The Morgan fingerprint density at radius 3 is 2.32 bits per heavy atom. The fourth-order valence-electron chi connectivity index (χ4n) is 4.45. The van der Waals surface area contributed by atoms with Crippen molar-refractivity contribution in [2.75, 3.05) is 0 Å². The molecule has 0 spiro atoms. The Hall–Kier alpha value is -3.77. The molecule has 1 unspecified atom stereocenters. The maximum atomic E-state index is 14.7. The first-order valence-corrected chi connectivity index (χ1v) is 12.1. The number of rotatable bonds is 8. The van der Waals surface area contributed by atoms with Gasteiger partial charge in [-0.1, -0.05) is 35.9 Å². The predicted molar refractivity (Wildman–Crippen MR) is 131 cm³/mol. The van der Waals surface area contributed by atoms with Crippen LogP contribution >= 0.6 is 11.6 Å². The van der Waals surface area contributed by atoms with Gasteiger partial charge in [0.05, 0.1) is 27.6 Å². The second-order valence-corrected chi connectivity index (χ2v) is 9.90. The molecule has 38 heavy (non-hydrogen) atoms. The molecule has 1 heterocycles. The fourth-order valence-corrected chi connectivity index (χ4v) is 4.60. The predicted octanol–water partition coefficient (Wildman–Crippen LogP) is 6.59. The van der Waals surface area contributed by atoms with Crippen LogP contribution in [0.4, 0.5) is 17.6 Å². The number of halogens is 5. The lowest BCUT2D eigenvalue weighted by molar-refractivity contribution is -0.614.